The fraction of sp³-hybridized carbons (Fsp3) is 0.643. The van der Waals surface area contributed by atoms with E-state index in [4.69, 9.17) is 0 Å². The van der Waals surface area contributed by atoms with E-state index in [9.17, 15) is 4.79 Å². The van der Waals surface area contributed by atoms with E-state index in [0.29, 0.717) is 13.0 Å². The van der Waals surface area contributed by atoms with E-state index in [1.807, 2.05) is 23.9 Å². The van der Waals surface area contributed by atoms with E-state index in [2.05, 4.69) is 20.7 Å². The first kappa shape index (κ1) is 17.0. The van der Waals surface area contributed by atoms with Crippen molar-refractivity contribution in [1.82, 2.24) is 25.3 Å². The van der Waals surface area contributed by atoms with Gasteiger partial charge in [0.05, 0.1) is 0 Å². The van der Waals surface area contributed by atoms with Crippen LogP contribution in [0, 0.1) is 0 Å². The Kier molecular flexibility index (Phi) is 7.93. The van der Waals surface area contributed by atoms with Gasteiger partial charge in [-0.05, 0) is 19.4 Å². The Morgan fingerprint density at radius 2 is 2.19 bits per heavy atom. The Labute approximate surface area is 126 Å². The van der Waals surface area contributed by atoms with Crippen LogP contribution in [0.3, 0.4) is 0 Å². The molecule has 118 valence electrons. The maximum Gasteiger partial charge on any atom is 0.223 e. The van der Waals surface area contributed by atoms with Crippen LogP contribution in [0.25, 0.3) is 0 Å². The lowest BCUT2D eigenvalue weighted by atomic mass is 10.4. The predicted octanol–water partition coefficient (Wildman–Crippen LogP) is 0.307. The molecule has 0 radical (unpaired) electrons. The van der Waals surface area contributed by atoms with Gasteiger partial charge in [-0.3, -0.25) is 14.5 Å². The molecule has 1 rings (SSSR count). The van der Waals surface area contributed by atoms with Crippen LogP contribution >= 0.6 is 0 Å². The third-order valence-electron chi connectivity index (χ3n) is 2.85. The Balaban J connectivity index is 2.27. The molecule has 0 bridgehead atoms. The van der Waals surface area contributed by atoms with E-state index < -0.39 is 0 Å². The van der Waals surface area contributed by atoms with Gasteiger partial charge in [-0.1, -0.05) is 0 Å². The number of aryl methyl sites for hydroxylation is 1. The van der Waals surface area contributed by atoms with Crippen molar-refractivity contribution in [2.45, 2.75) is 26.3 Å². The smallest absolute Gasteiger partial charge is 0.223 e. The van der Waals surface area contributed by atoms with Crippen LogP contribution in [0.4, 0.5) is 0 Å². The molecule has 0 saturated heterocycles. The van der Waals surface area contributed by atoms with Crippen molar-refractivity contribution in [3.63, 3.8) is 0 Å². The lowest BCUT2D eigenvalue weighted by Crippen LogP contribution is -2.39. The van der Waals surface area contributed by atoms with Crippen LogP contribution in [-0.2, 0) is 11.3 Å². The highest BCUT2D eigenvalue weighted by Crippen LogP contribution is 1.90. The van der Waals surface area contributed by atoms with Crippen molar-refractivity contribution in [2.24, 2.45) is 4.99 Å². The number of nitrogens with one attached hydrogen (secondary N) is 2. The van der Waals surface area contributed by atoms with Crippen LogP contribution in [0.1, 0.15) is 19.8 Å². The molecule has 0 atom stereocenters. The summed E-state index contributed by atoms with van der Waals surface area (Å²) in [4.78, 5) is 17.6. The van der Waals surface area contributed by atoms with Crippen molar-refractivity contribution < 1.29 is 4.79 Å². The first-order valence-electron chi connectivity index (χ1n) is 7.33. The number of aliphatic imine (C=N–C) groups is 1. The Hall–Kier alpha value is -2.05. The van der Waals surface area contributed by atoms with E-state index >= 15 is 0 Å². The molecule has 0 unspecified atom stereocenters. The number of hydrogen-bond donors (Lipinski definition) is 2. The SMILES string of the molecule is CCNC(=NCCCn1cccn1)NCCC(=O)N(C)C. The van der Waals surface area contributed by atoms with Gasteiger partial charge in [0.1, 0.15) is 0 Å². The second kappa shape index (κ2) is 9.79. The fourth-order valence-corrected chi connectivity index (χ4v) is 1.71. The molecule has 0 aliphatic heterocycles. The summed E-state index contributed by atoms with van der Waals surface area (Å²) in [5.41, 5.74) is 0. The van der Waals surface area contributed by atoms with Gasteiger partial charge in [-0.2, -0.15) is 5.10 Å². The molecular formula is C14H26N6O. The minimum absolute atomic E-state index is 0.108. The zero-order valence-corrected chi connectivity index (χ0v) is 13.2. The molecule has 0 spiro atoms. The van der Waals surface area contributed by atoms with Gasteiger partial charge in [0.15, 0.2) is 5.96 Å². The highest BCUT2D eigenvalue weighted by Gasteiger charge is 2.04. The van der Waals surface area contributed by atoms with Crippen LogP contribution in [0.15, 0.2) is 23.5 Å². The first-order chi connectivity index (χ1) is 10.1. The largest absolute Gasteiger partial charge is 0.357 e. The Morgan fingerprint density at radius 3 is 2.81 bits per heavy atom. The van der Waals surface area contributed by atoms with E-state index in [-0.39, 0.29) is 5.91 Å². The molecule has 0 aromatic carbocycles. The van der Waals surface area contributed by atoms with Gasteiger partial charge < -0.3 is 15.5 Å². The summed E-state index contributed by atoms with van der Waals surface area (Å²) >= 11 is 0. The minimum Gasteiger partial charge on any atom is -0.357 e. The highest BCUT2D eigenvalue weighted by atomic mass is 16.2. The number of aromatic nitrogens is 2. The topological polar surface area (TPSA) is 74.5 Å². The third kappa shape index (κ3) is 7.34. The van der Waals surface area contributed by atoms with Gasteiger partial charge in [0, 0.05) is 59.1 Å². The summed E-state index contributed by atoms with van der Waals surface area (Å²) in [6, 6.07) is 1.91. The molecule has 1 aromatic heterocycles. The molecular weight excluding hydrogens is 268 g/mol. The van der Waals surface area contributed by atoms with Crippen molar-refractivity contribution in [3.05, 3.63) is 18.5 Å². The van der Waals surface area contributed by atoms with Crippen molar-refractivity contribution >= 4 is 11.9 Å². The average Bonchev–Trinajstić information content (AvgIpc) is 2.96. The van der Waals surface area contributed by atoms with Gasteiger partial charge in [-0.25, -0.2) is 0 Å². The number of hydrogen-bond acceptors (Lipinski definition) is 3. The molecule has 1 aromatic rings. The lowest BCUT2D eigenvalue weighted by molar-refractivity contribution is -0.128. The van der Waals surface area contributed by atoms with Crippen LogP contribution < -0.4 is 10.6 Å². The molecule has 21 heavy (non-hydrogen) atoms. The van der Waals surface area contributed by atoms with E-state index in [1.165, 1.54) is 0 Å². The standard InChI is InChI=1S/C14H26N6O/c1-4-15-14(17-10-7-13(21)19(2)3)16-8-5-11-20-12-6-9-18-20/h6,9,12H,4-5,7-8,10-11H2,1-3H3,(H2,15,16,17). The zero-order valence-electron chi connectivity index (χ0n) is 13.2. The molecule has 0 fully saturated rings. The molecule has 2 N–H and O–H groups in total. The monoisotopic (exact) mass is 294 g/mol. The van der Waals surface area contributed by atoms with Gasteiger partial charge in [-0.15, -0.1) is 0 Å². The van der Waals surface area contributed by atoms with E-state index in [0.717, 1.165) is 32.0 Å². The van der Waals surface area contributed by atoms with E-state index in [1.54, 1.807) is 25.2 Å². The summed E-state index contributed by atoms with van der Waals surface area (Å²) in [7, 11) is 3.52. The van der Waals surface area contributed by atoms with Gasteiger partial charge in [0.2, 0.25) is 5.91 Å². The van der Waals surface area contributed by atoms with Crippen LogP contribution in [0.2, 0.25) is 0 Å². The normalized spacial score (nSPS) is 11.3. The van der Waals surface area contributed by atoms with Crippen LogP contribution in [-0.4, -0.2) is 60.3 Å². The third-order valence-corrected chi connectivity index (χ3v) is 2.85. The maximum absolute atomic E-state index is 11.5. The highest BCUT2D eigenvalue weighted by molar-refractivity contribution is 5.81. The second-order valence-electron chi connectivity index (χ2n) is 4.85. The number of rotatable bonds is 8. The molecule has 0 aliphatic rings. The summed E-state index contributed by atoms with van der Waals surface area (Å²) in [6.07, 6.45) is 5.11. The second-order valence-corrected chi connectivity index (χ2v) is 4.85. The molecule has 1 amide bonds. The molecule has 0 aliphatic carbocycles. The number of carbonyl (C=O) groups excluding carboxylic acids is 1. The van der Waals surface area contributed by atoms with Gasteiger partial charge >= 0.3 is 0 Å². The van der Waals surface area contributed by atoms with Gasteiger partial charge in [0.25, 0.3) is 0 Å². The Bertz CT molecular complexity index is 427. The molecule has 7 nitrogen and oxygen atoms in total. The number of amides is 1. The summed E-state index contributed by atoms with van der Waals surface area (Å²) < 4.78 is 1.89. The number of guanidine groups is 1. The van der Waals surface area contributed by atoms with Crippen LogP contribution in [0.5, 0.6) is 0 Å². The molecule has 7 heteroatoms. The minimum atomic E-state index is 0.108. The number of carbonyl (C=O) groups is 1. The summed E-state index contributed by atoms with van der Waals surface area (Å²) in [5.74, 6) is 0.863. The molecule has 1 heterocycles. The molecule has 0 saturated carbocycles. The van der Waals surface area contributed by atoms with Crippen molar-refractivity contribution in [3.8, 4) is 0 Å². The Morgan fingerprint density at radius 1 is 1.38 bits per heavy atom. The first-order valence-corrected chi connectivity index (χ1v) is 7.33. The lowest BCUT2D eigenvalue weighted by Gasteiger charge is -2.13. The number of nitrogens with zero attached hydrogens (tertiary/aromatic N) is 4. The fourth-order valence-electron chi connectivity index (χ4n) is 1.71. The zero-order chi connectivity index (χ0) is 15.5. The quantitative estimate of drug-likeness (QED) is 0.411. The summed E-state index contributed by atoms with van der Waals surface area (Å²) in [5, 5.41) is 10.5. The van der Waals surface area contributed by atoms with Crippen molar-refractivity contribution in [1.29, 1.82) is 0 Å². The maximum atomic E-state index is 11.5. The predicted molar refractivity (Wildman–Crippen MR) is 84.1 cm³/mol. The van der Waals surface area contributed by atoms with Crippen molar-refractivity contribution in [2.75, 3.05) is 33.7 Å². The average molecular weight is 294 g/mol. The summed E-state index contributed by atoms with van der Waals surface area (Å²) in [6.45, 7) is 4.98.